The standard InChI is InChI=1S/C29H28F2N2O4S.K/c1-38(36,37)25-4-2-3-19(15-25)13-22(18-34)28(21-6-8-24(35)9-7-21)29(32)11-12-33-23(17-29)14-20-5-10-26(30)27(31)16-20;/h2,4-10,13,15-16,23,28,33,35H,11-12,14,17,32H2,1H3;/q-2;+1/b22-13+;/t23-,28?,29?;/m0./s1. The van der Waals surface area contributed by atoms with Crippen LogP contribution in [0.3, 0.4) is 0 Å². The van der Waals surface area contributed by atoms with E-state index in [1.54, 1.807) is 12.1 Å². The van der Waals surface area contributed by atoms with Crippen LogP contribution in [0.25, 0.3) is 6.08 Å². The van der Waals surface area contributed by atoms with Gasteiger partial charge >= 0.3 is 51.4 Å². The molecule has 1 heterocycles. The van der Waals surface area contributed by atoms with Gasteiger partial charge in [0.15, 0.2) is 21.5 Å². The van der Waals surface area contributed by atoms with Gasteiger partial charge in [-0.05, 0) is 78.3 Å². The quantitative estimate of drug-likeness (QED) is 0.208. The van der Waals surface area contributed by atoms with Gasteiger partial charge in [0, 0.05) is 17.8 Å². The van der Waals surface area contributed by atoms with E-state index in [0.717, 1.165) is 18.4 Å². The van der Waals surface area contributed by atoms with E-state index in [0.29, 0.717) is 42.5 Å². The number of phenolic OH excluding ortho intramolecular Hbond substituents is 1. The van der Waals surface area contributed by atoms with E-state index >= 15 is 0 Å². The van der Waals surface area contributed by atoms with Crippen molar-refractivity contribution in [2.24, 2.45) is 5.73 Å². The zero-order valence-corrected chi connectivity index (χ0v) is 25.7. The number of hydrogen-bond acceptors (Lipinski definition) is 6. The van der Waals surface area contributed by atoms with Gasteiger partial charge in [-0.1, -0.05) is 18.2 Å². The first-order valence-electron chi connectivity index (χ1n) is 12.1. The molecule has 1 saturated heterocycles. The molecule has 0 bridgehead atoms. The monoisotopic (exact) mass is 577 g/mol. The van der Waals surface area contributed by atoms with Crippen LogP contribution in [-0.4, -0.2) is 44.2 Å². The Balaban J connectivity index is 0.00000420. The third kappa shape index (κ3) is 7.92. The summed E-state index contributed by atoms with van der Waals surface area (Å²) in [6.07, 6.45) is 5.91. The number of benzene rings is 3. The third-order valence-corrected chi connectivity index (χ3v) is 7.99. The molecule has 200 valence electrons. The fourth-order valence-corrected chi connectivity index (χ4v) is 5.76. The molecule has 0 aliphatic carbocycles. The maximum atomic E-state index is 13.8. The Bertz CT molecular complexity index is 1460. The Morgan fingerprint density at radius 1 is 1.21 bits per heavy atom. The second-order valence-corrected chi connectivity index (χ2v) is 11.8. The predicted octanol–water partition coefficient (Wildman–Crippen LogP) is 0.847. The summed E-state index contributed by atoms with van der Waals surface area (Å²) in [5, 5.41) is 13.2. The van der Waals surface area contributed by atoms with E-state index < -0.39 is 32.9 Å². The number of halogens is 2. The van der Waals surface area contributed by atoms with Crippen LogP contribution in [0.5, 0.6) is 5.75 Å². The van der Waals surface area contributed by atoms with Crippen molar-refractivity contribution in [3.8, 4) is 5.75 Å². The van der Waals surface area contributed by atoms with E-state index in [2.05, 4.69) is 11.4 Å². The van der Waals surface area contributed by atoms with Crippen LogP contribution in [0.1, 0.15) is 35.4 Å². The summed E-state index contributed by atoms with van der Waals surface area (Å²) in [7, 11) is -3.48. The summed E-state index contributed by atoms with van der Waals surface area (Å²) >= 11 is 0. The summed E-state index contributed by atoms with van der Waals surface area (Å²) in [5.41, 5.74) is 7.95. The van der Waals surface area contributed by atoms with E-state index in [1.807, 2.05) is 6.29 Å². The number of hydrogen-bond donors (Lipinski definition) is 3. The maximum Gasteiger partial charge on any atom is 1.00 e. The van der Waals surface area contributed by atoms with Gasteiger partial charge in [-0.3, -0.25) is 0 Å². The molecule has 4 rings (SSSR count). The first kappa shape index (κ1) is 31.8. The predicted molar refractivity (Wildman–Crippen MR) is 141 cm³/mol. The molecule has 1 aliphatic heterocycles. The van der Waals surface area contributed by atoms with Gasteiger partial charge in [0.1, 0.15) is 5.75 Å². The molecule has 1 fully saturated rings. The number of rotatable bonds is 8. The van der Waals surface area contributed by atoms with Crippen LogP contribution in [0, 0.1) is 17.7 Å². The molecule has 2 unspecified atom stereocenters. The molecular formula is C29H28F2KN2O4S-. The van der Waals surface area contributed by atoms with Crippen molar-refractivity contribution in [2.45, 2.75) is 41.7 Å². The van der Waals surface area contributed by atoms with Crippen LogP contribution in [0.15, 0.2) is 71.1 Å². The summed E-state index contributed by atoms with van der Waals surface area (Å²) < 4.78 is 51.3. The van der Waals surface area contributed by atoms with Crippen molar-refractivity contribution in [3.05, 3.63) is 101 Å². The Kier molecular flexibility index (Phi) is 10.8. The minimum absolute atomic E-state index is 0. The number of sulfone groups is 1. The minimum atomic E-state index is -3.48. The smallest absolute Gasteiger partial charge is 0.508 e. The minimum Gasteiger partial charge on any atom is -0.508 e. The van der Waals surface area contributed by atoms with Crippen LogP contribution in [0.2, 0.25) is 0 Å². The van der Waals surface area contributed by atoms with Crippen molar-refractivity contribution in [1.82, 2.24) is 5.32 Å². The van der Waals surface area contributed by atoms with E-state index in [1.165, 1.54) is 42.5 Å². The average molecular weight is 578 g/mol. The Morgan fingerprint density at radius 3 is 2.56 bits per heavy atom. The SMILES string of the molecule is CS(=O)(=O)c1cc[c-]c(/C=C(\[C-]=O)C(c2ccc(O)cc2)C2(N)CCN[C@@H](Cc3ccc(F)c(F)c3)C2)c1.[K+]. The van der Waals surface area contributed by atoms with Gasteiger partial charge < -0.3 is 21.0 Å². The van der Waals surface area contributed by atoms with Crippen molar-refractivity contribution in [2.75, 3.05) is 12.8 Å². The molecule has 0 radical (unpaired) electrons. The maximum absolute atomic E-state index is 13.8. The molecule has 0 saturated carbocycles. The molecule has 39 heavy (non-hydrogen) atoms. The van der Waals surface area contributed by atoms with Crippen LogP contribution >= 0.6 is 0 Å². The molecule has 1 aliphatic rings. The van der Waals surface area contributed by atoms with Gasteiger partial charge in [-0.15, -0.1) is 18.2 Å². The average Bonchev–Trinajstić information content (AvgIpc) is 2.86. The van der Waals surface area contributed by atoms with Crippen molar-refractivity contribution < 1.29 is 78.5 Å². The van der Waals surface area contributed by atoms with Crippen LogP contribution < -0.4 is 62.4 Å². The fourth-order valence-electron chi connectivity index (χ4n) is 5.10. The fraction of sp³-hybridized carbons (Fsp3) is 0.276. The molecule has 3 aromatic rings. The number of aromatic hydroxyl groups is 1. The summed E-state index contributed by atoms with van der Waals surface area (Å²) in [5.74, 6) is -2.45. The molecule has 4 N–H and O–H groups in total. The summed E-state index contributed by atoms with van der Waals surface area (Å²) in [6, 6.07) is 17.2. The van der Waals surface area contributed by atoms with Crippen molar-refractivity contribution >= 4 is 22.2 Å². The molecule has 0 spiro atoms. The Hall–Kier alpha value is -1.76. The zero-order chi connectivity index (χ0) is 27.5. The zero-order valence-electron chi connectivity index (χ0n) is 21.7. The summed E-state index contributed by atoms with van der Waals surface area (Å²) in [4.78, 5) is 12.5. The van der Waals surface area contributed by atoms with E-state index in [4.69, 9.17) is 5.73 Å². The van der Waals surface area contributed by atoms with Gasteiger partial charge in [0.2, 0.25) is 0 Å². The second kappa shape index (κ2) is 13.3. The summed E-state index contributed by atoms with van der Waals surface area (Å²) in [6.45, 7) is 0.515. The topological polar surface area (TPSA) is 109 Å². The van der Waals surface area contributed by atoms with Crippen molar-refractivity contribution in [3.63, 3.8) is 0 Å². The Morgan fingerprint density at radius 2 is 1.92 bits per heavy atom. The molecule has 6 nitrogen and oxygen atoms in total. The Labute approximate surface area is 270 Å². The van der Waals surface area contributed by atoms with E-state index in [-0.39, 0.29) is 73.6 Å². The number of nitrogens with one attached hydrogen (secondary N) is 1. The van der Waals surface area contributed by atoms with Crippen LogP contribution in [-0.2, 0) is 21.1 Å². The molecule has 0 aromatic heterocycles. The molecular weight excluding hydrogens is 549 g/mol. The molecule has 3 aromatic carbocycles. The molecule has 10 heteroatoms. The number of nitrogens with two attached hydrogens (primary N) is 1. The second-order valence-electron chi connectivity index (χ2n) is 9.77. The normalized spacial score (nSPS) is 20.6. The van der Waals surface area contributed by atoms with Crippen molar-refractivity contribution in [1.29, 1.82) is 0 Å². The first-order chi connectivity index (χ1) is 18.0. The molecule has 0 amide bonds. The number of carbonyl (C=O) groups excluding carboxylic acids is 1. The third-order valence-electron chi connectivity index (χ3n) is 6.88. The van der Waals surface area contributed by atoms with Gasteiger partial charge in [0.25, 0.3) is 0 Å². The first-order valence-corrected chi connectivity index (χ1v) is 13.9. The van der Waals surface area contributed by atoms with E-state index in [9.17, 15) is 27.1 Å². The van der Waals surface area contributed by atoms with Gasteiger partial charge in [-0.25, -0.2) is 23.3 Å². The van der Waals surface area contributed by atoms with Crippen LogP contribution in [0.4, 0.5) is 8.78 Å². The van der Waals surface area contributed by atoms with Gasteiger partial charge in [0.05, 0.1) is 0 Å². The number of piperidine rings is 1. The van der Waals surface area contributed by atoms with Gasteiger partial charge in [-0.2, -0.15) is 17.2 Å². The number of phenols is 1. The largest absolute Gasteiger partial charge is 1.00 e. The molecule has 3 atom stereocenters.